The highest BCUT2D eigenvalue weighted by molar-refractivity contribution is 5.62. The lowest BCUT2D eigenvalue weighted by Gasteiger charge is -2.44. The zero-order chi connectivity index (χ0) is 10.5. The van der Waals surface area contributed by atoms with E-state index in [1.165, 1.54) is 30.6 Å². The average Bonchev–Trinajstić information content (AvgIpc) is 2.25. The highest BCUT2D eigenvalue weighted by Gasteiger charge is 2.36. The third kappa shape index (κ3) is 1.22. The van der Waals surface area contributed by atoms with Gasteiger partial charge in [-0.15, -0.1) is 0 Å². The molecule has 0 aromatic heterocycles. The standard InChI is InChI=1S/C14H17N/c1-14-7-8-15(2)12(10-14)9-11-5-3-4-6-13(11)14/h3-6,9H,7-8,10H2,1-2H3. The summed E-state index contributed by atoms with van der Waals surface area (Å²) in [7, 11) is 2.21. The molecule has 0 radical (unpaired) electrons. The van der Waals surface area contributed by atoms with Gasteiger partial charge in [-0.05, 0) is 30.0 Å². The van der Waals surface area contributed by atoms with Crippen LogP contribution in [0.2, 0.25) is 0 Å². The lowest BCUT2D eigenvalue weighted by atomic mass is 9.69. The van der Waals surface area contributed by atoms with Gasteiger partial charge in [-0.1, -0.05) is 31.2 Å². The monoisotopic (exact) mass is 199 g/mol. The number of piperidine rings is 1. The van der Waals surface area contributed by atoms with E-state index in [9.17, 15) is 0 Å². The molecule has 78 valence electrons. The first-order chi connectivity index (χ1) is 7.19. The van der Waals surface area contributed by atoms with Gasteiger partial charge < -0.3 is 4.90 Å². The van der Waals surface area contributed by atoms with E-state index in [-0.39, 0.29) is 0 Å². The molecule has 0 saturated carbocycles. The second-order valence-corrected chi connectivity index (χ2v) is 5.13. The van der Waals surface area contributed by atoms with Crippen molar-refractivity contribution in [2.24, 2.45) is 0 Å². The summed E-state index contributed by atoms with van der Waals surface area (Å²) in [6, 6.07) is 8.85. The van der Waals surface area contributed by atoms with Gasteiger partial charge in [-0.3, -0.25) is 0 Å². The number of hydrogen-bond acceptors (Lipinski definition) is 1. The van der Waals surface area contributed by atoms with Crippen LogP contribution in [0.15, 0.2) is 30.0 Å². The zero-order valence-electron chi connectivity index (χ0n) is 9.46. The van der Waals surface area contributed by atoms with Gasteiger partial charge in [0.25, 0.3) is 0 Å². The van der Waals surface area contributed by atoms with Crippen LogP contribution in [0.1, 0.15) is 30.9 Å². The normalized spacial score (nSPS) is 28.4. The van der Waals surface area contributed by atoms with Gasteiger partial charge in [0.15, 0.2) is 0 Å². The summed E-state index contributed by atoms with van der Waals surface area (Å²) in [4.78, 5) is 2.40. The topological polar surface area (TPSA) is 3.24 Å². The summed E-state index contributed by atoms with van der Waals surface area (Å²) >= 11 is 0. The van der Waals surface area contributed by atoms with E-state index in [1.54, 1.807) is 5.56 Å². The lowest BCUT2D eigenvalue weighted by Crippen LogP contribution is -2.39. The first-order valence-electron chi connectivity index (χ1n) is 5.70. The summed E-state index contributed by atoms with van der Waals surface area (Å²) in [5, 5.41) is 0. The Morgan fingerprint density at radius 1 is 1.27 bits per heavy atom. The van der Waals surface area contributed by atoms with Crippen LogP contribution in [0, 0.1) is 0 Å². The molecule has 3 rings (SSSR count). The molecule has 2 aliphatic rings. The maximum atomic E-state index is 2.41. The largest absolute Gasteiger partial charge is 0.378 e. The number of benzene rings is 1. The van der Waals surface area contributed by atoms with Crippen molar-refractivity contribution >= 4 is 6.08 Å². The second kappa shape index (κ2) is 2.88. The van der Waals surface area contributed by atoms with Crippen molar-refractivity contribution in [2.75, 3.05) is 13.6 Å². The van der Waals surface area contributed by atoms with Crippen molar-refractivity contribution in [3.05, 3.63) is 41.1 Å². The maximum Gasteiger partial charge on any atom is 0.0180 e. The number of rotatable bonds is 0. The summed E-state index contributed by atoms with van der Waals surface area (Å²) in [5.41, 5.74) is 4.85. The van der Waals surface area contributed by atoms with Crippen molar-refractivity contribution in [1.82, 2.24) is 4.90 Å². The van der Waals surface area contributed by atoms with Crippen LogP contribution in [0.5, 0.6) is 0 Å². The molecule has 1 heteroatoms. The molecule has 1 aromatic rings. The molecular weight excluding hydrogens is 182 g/mol. The first kappa shape index (κ1) is 9.02. The lowest BCUT2D eigenvalue weighted by molar-refractivity contribution is 0.252. The molecule has 0 spiro atoms. The Balaban J connectivity index is 2.21. The van der Waals surface area contributed by atoms with Crippen molar-refractivity contribution in [3.63, 3.8) is 0 Å². The summed E-state index contributed by atoms with van der Waals surface area (Å²) < 4.78 is 0. The fraction of sp³-hybridized carbons (Fsp3) is 0.429. The van der Waals surface area contributed by atoms with E-state index >= 15 is 0 Å². The Bertz CT molecular complexity index is 433. The highest BCUT2D eigenvalue weighted by atomic mass is 15.1. The molecule has 1 nitrogen and oxygen atoms in total. The molecule has 1 aromatic carbocycles. The first-order valence-corrected chi connectivity index (χ1v) is 5.70. The van der Waals surface area contributed by atoms with Gasteiger partial charge in [-0.2, -0.15) is 0 Å². The molecule has 1 unspecified atom stereocenters. The van der Waals surface area contributed by atoms with Crippen molar-refractivity contribution in [3.8, 4) is 0 Å². The fourth-order valence-corrected chi connectivity index (χ4v) is 2.92. The minimum absolute atomic E-state index is 0.382. The van der Waals surface area contributed by atoms with Crippen LogP contribution in [0.4, 0.5) is 0 Å². The van der Waals surface area contributed by atoms with Crippen LogP contribution >= 0.6 is 0 Å². The maximum absolute atomic E-state index is 2.41. The summed E-state index contributed by atoms with van der Waals surface area (Å²) in [6.45, 7) is 3.60. The van der Waals surface area contributed by atoms with E-state index < -0.39 is 0 Å². The molecule has 15 heavy (non-hydrogen) atoms. The molecule has 1 fully saturated rings. The molecule has 0 amide bonds. The number of nitrogens with zero attached hydrogens (tertiary/aromatic N) is 1. The molecule has 1 heterocycles. The molecule has 1 aliphatic heterocycles. The highest BCUT2D eigenvalue weighted by Crippen LogP contribution is 2.44. The van der Waals surface area contributed by atoms with Crippen molar-refractivity contribution < 1.29 is 0 Å². The zero-order valence-corrected chi connectivity index (χ0v) is 9.46. The van der Waals surface area contributed by atoms with Gasteiger partial charge >= 0.3 is 0 Å². The van der Waals surface area contributed by atoms with Crippen LogP contribution in [-0.2, 0) is 5.41 Å². The Hall–Kier alpha value is -1.24. The van der Waals surface area contributed by atoms with Crippen molar-refractivity contribution in [1.29, 1.82) is 0 Å². The van der Waals surface area contributed by atoms with E-state index in [2.05, 4.69) is 49.2 Å². The number of likely N-dealkylation sites (tertiary alicyclic amines) is 1. The molecule has 1 aliphatic carbocycles. The second-order valence-electron chi connectivity index (χ2n) is 5.13. The fourth-order valence-electron chi connectivity index (χ4n) is 2.92. The Kier molecular flexibility index (Phi) is 1.73. The summed E-state index contributed by atoms with van der Waals surface area (Å²) in [6.07, 6.45) is 4.84. The van der Waals surface area contributed by atoms with Crippen LogP contribution in [0.25, 0.3) is 6.08 Å². The van der Waals surface area contributed by atoms with Crippen LogP contribution in [-0.4, -0.2) is 18.5 Å². The summed E-state index contributed by atoms with van der Waals surface area (Å²) in [5.74, 6) is 0. The molecule has 2 bridgehead atoms. The number of hydrogen-bond donors (Lipinski definition) is 0. The van der Waals surface area contributed by atoms with Gasteiger partial charge in [-0.25, -0.2) is 0 Å². The molecule has 1 atom stereocenters. The minimum Gasteiger partial charge on any atom is -0.378 e. The van der Waals surface area contributed by atoms with E-state index in [1.807, 2.05) is 0 Å². The molecule has 1 saturated heterocycles. The van der Waals surface area contributed by atoms with Gasteiger partial charge in [0.05, 0.1) is 0 Å². The smallest absolute Gasteiger partial charge is 0.0180 e. The Morgan fingerprint density at radius 2 is 2.07 bits per heavy atom. The Labute approximate surface area is 91.4 Å². The van der Waals surface area contributed by atoms with Crippen molar-refractivity contribution in [2.45, 2.75) is 25.2 Å². The predicted octanol–water partition coefficient (Wildman–Crippen LogP) is 3.02. The van der Waals surface area contributed by atoms with E-state index in [0.29, 0.717) is 5.41 Å². The number of allylic oxidation sites excluding steroid dienone is 1. The van der Waals surface area contributed by atoms with E-state index in [0.717, 1.165) is 0 Å². The molecule has 0 N–H and O–H groups in total. The van der Waals surface area contributed by atoms with E-state index in [4.69, 9.17) is 0 Å². The third-order valence-corrected chi connectivity index (χ3v) is 3.99. The van der Waals surface area contributed by atoms with Gasteiger partial charge in [0, 0.05) is 24.7 Å². The van der Waals surface area contributed by atoms with Crippen LogP contribution in [0.3, 0.4) is 0 Å². The Morgan fingerprint density at radius 3 is 2.93 bits per heavy atom. The number of fused-ring (bicyclic) bond motifs is 4. The van der Waals surface area contributed by atoms with Crippen LogP contribution < -0.4 is 0 Å². The SMILES string of the molecule is CN1CCC2(C)CC1=Cc1ccccc12. The average molecular weight is 199 g/mol. The quantitative estimate of drug-likeness (QED) is 0.621. The van der Waals surface area contributed by atoms with Gasteiger partial charge in [0.2, 0.25) is 0 Å². The third-order valence-electron chi connectivity index (χ3n) is 3.99. The molecular formula is C14H17N. The minimum atomic E-state index is 0.382. The van der Waals surface area contributed by atoms with Gasteiger partial charge in [0.1, 0.15) is 0 Å². The predicted molar refractivity (Wildman–Crippen MR) is 63.6 cm³/mol.